The van der Waals surface area contributed by atoms with Crippen molar-refractivity contribution in [1.82, 2.24) is 0 Å². The summed E-state index contributed by atoms with van der Waals surface area (Å²) < 4.78 is 4.66. The highest BCUT2D eigenvalue weighted by Gasteiger charge is 2.20. The van der Waals surface area contributed by atoms with E-state index in [-0.39, 0.29) is 17.7 Å². The van der Waals surface area contributed by atoms with E-state index in [0.717, 1.165) is 6.07 Å². The summed E-state index contributed by atoms with van der Waals surface area (Å²) in [6.45, 7) is 1.78. The van der Waals surface area contributed by atoms with Crippen molar-refractivity contribution in [2.75, 3.05) is 0 Å². The lowest BCUT2D eigenvalue weighted by Crippen LogP contribution is -2.12. The fraction of sp³-hybridized carbons (Fsp3) is 0.176. The molecule has 0 fully saturated rings. The first-order chi connectivity index (χ1) is 11.0. The SMILES string of the molecule is CCCC(=O)OC(=O)c1ccc(-c2ccccc2)c([N+](=O)[O-])c1. The minimum atomic E-state index is -0.883. The van der Waals surface area contributed by atoms with Gasteiger partial charge in [0.25, 0.3) is 5.69 Å². The number of nitro benzene ring substituents is 1. The molecule has 0 spiro atoms. The summed E-state index contributed by atoms with van der Waals surface area (Å²) in [6, 6.07) is 12.8. The van der Waals surface area contributed by atoms with Gasteiger partial charge in [0.1, 0.15) is 0 Å². The smallest absolute Gasteiger partial charge is 0.346 e. The van der Waals surface area contributed by atoms with Crippen LogP contribution in [0.5, 0.6) is 0 Å². The van der Waals surface area contributed by atoms with E-state index in [1.165, 1.54) is 12.1 Å². The first-order valence-corrected chi connectivity index (χ1v) is 7.11. The first-order valence-electron chi connectivity index (χ1n) is 7.11. The number of carbonyl (C=O) groups excluding carboxylic acids is 2. The third-order valence-electron chi connectivity index (χ3n) is 3.18. The van der Waals surface area contributed by atoms with Crippen LogP contribution in [0.15, 0.2) is 48.5 Å². The van der Waals surface area contributed by atoms with Crippen LogP contribution in [0.25, 0.3) is 11.1 Å². The van der Waals surface area contributed by atoms with Crippen molar-refractivity contribution in [3.63, 3.8) is 0 Å². The van der Waals surface area contributed by atoms with Crippen molar-refractivity contribution in [1.29, 1.82) is 0 Å². The zero-order valence-corrected chi connectivity index (χ0v) is 12.5. The number of nitro groups is 1. The number of nitrogens with zero attached hydrogens (tertiary/aromatic N) is 1. The molecule has 6 heteroatoms. The predicted molar refractivity (Wildman–Crippen MR) is 83.9 cm³/mol. The van der Waals surface area contributed by atoms with E-state index < -0.39 is 16.9 Å². The lowest BCUT2D eigenvalue weighted by molar-refractivity contribution is -0.384. The quantitative estimate of drug-likeness (QED) is 0.363. The molecule has 0 aliphatic rings. The molecule has 23 heavy (non-hydrogen) atoms. The van der Waals surface area contributed by atoms with Gasteiger partial charge >= 0.3 is 11.9 Å². The van der Waals surface area contributed by atoms with Crippen molar-refractivity contribution < 1.29 is 19.2 Å². The van der Waals surface area contributed by atoms with Gasteiger partial charge in [0.2, 0.25) is 0 Å². The van der Waals surface area contributed by atoms with Gasteiger partial charge in [-0.05, 0) is 24.1 Å². The molecule has 0 bridgehead atoms. The van der Waals surface area contributed by atoms with Crippen LogP contribution >= 0.6 is 0 Å². The monoisotopic (exact) mass is 313 g/mol. The molecule has 0 heterocycles. The molecule has 0 radical (unpaired) electrons. The molecule has 0 N–H and O–H groups in total. The topological polar surface area (TPSA) is 86.5 Å². The molecule has 2 aromatic rings. The highest BCUT2D eigenvalue weighted by atomic mass is 16.6. The molecule has 0 saturated carbocycles. The van der Waals surface area contributed by atoms with Crippen molar-refractivity contribution in [2.24, 2.45) is 0 Å². The zero-order chi connectivity index (χ0) is 16.8. The standard InChI is InChI=1S/C17H15NO5/c1-2-6-16(19)23-17(20)13-9-10-14(15(11-13)18(21)22)12-7-4-3-5-8-12/h3-5,7-11H,2,6H2,1H3. The average Bonchev–Trinajstić information content (AvgIpc) is 2.55. The molecule has 2 aromatic carbocycles. The second-order valence-electron chi connectivity index (χ2n) is 4.87. The van der Waals surface area contributed by atoms with E-state index in [0.29, 0.717) is 17.5 Å². The molecule has 0 aliphatic heterocycles. The summed E-state index contributed by atoms with van der Waals surface area (Å²) in [5.41, 5.74) is 0.822. The highest BCUT2D eigenvalue weighted by molar-refractivity contribution is 5.98. The van der Waals surface area contributed by atoms with Gasteiger partial charge in [-0.15, -0.1) is 0 Å². The van der Waals surface area contributed by atoms with Crippen LogP contribution in [0.1, 0.15) is 30.1 Å². The number of benzene rings is 2. The number of ether oxygens (including phenoxy) is 1. The van der Waals surface area contributed by atoms with E-state index in [2.05, 4.69) is 4.74 Å². The molecular weight excluding hydrogens is 298 g/mol. The van der Waals surface area contributed by atoms with Crippen molar-refractivity contribution in [3.8, 4) is 11.1 Å². The van der Waals surface area contributed by atoms with Gasteiger partial charge in [-0.25, -0.2) is 4.79 Å². The number of esters is 2. The van der Waals surface area contributed by atoms with E-state index in [1.807, 2.05) is 0 Å². The van der Waals surface area contributed by atoms with Gasteiger partial charge in [-0.1, -0.05) is 37.3 Å². The van der Waals surface area contributed by atoms with E-state index in [9.17, 15) is 19.7 Å². The van der Waals surface area contributed by atoms with Crippen molar-refractivity contribution >= 4 is 17.6 Å². The second-order valence-corrected chi connectivity index (χ2v) is 4.87. The van der Waals surface area contributed by atoms with Crippen LogP contribution < -0.4 is 0 Å². The fourth-order valence-corrected chi connectivity index (χ4v) is 2.09. The normalized spacial score (nSPS) is 10.1. The minimum absolute atomic E-state index is 0.0270. The van der Waals surface area contributed by atoms with Gasteiger partial charge in [0, 0.05) is 12.5 Å². The van der Waals surface area contributed by atoms with Crippen molar-refractivity contribution in [3.05, 3.63) is 64.2 Å². The maximum absolute atomic E-state index is 11.9. The van der Waals surface area contributed by atoms with Crippen LogP contribution in [0, 0.1) is 10.1 Å². The average molecular weight is 313 g/mol. The zero-order valence-electron chi connectivity index (χ0n) is 12.5. The third-order valence-corrected chi connectivity index (χ3v) is 3.18. The Balaban J connectivity index is 2.35. The maximum atomic E-state index is 11.9. The highest BCUT2D eigenvalue weighted by Crippen LogP contribution is 2.30. The first kappa shape index (κ1) is 16.4. The van der Waals surface area contributed by atoms with E-state index >= 15 is 0 Å². The lowest BCUT2D eigenvalue weighted by atomic mass is 10.0. The van der Waals surface area contributed by atoms with Crippen LogP contribution in [-0.2, 0) is 9.53 Å². The number of hydrogen-bond acceptors (Lipinski definition) is 5. The number of rotatable bonds is 5. The van der Waals surface area contributed by atoms with Gasteiger partial charge in [0.15, 0.2) is 0 Å². The lowest BCUT2D eigenvalue weighted by Gasteiger charge is -2.06. The minimum Gasteiger partial charge on any atom is -0.389 e. The Labute approximate surface area is 132 Å². The van der Waals surface area contributed by atoms with Gasteiger partial charge in [0.05, 0.1) is 16.1 Å². The maximum Gasteiger partial charge on any atom is 0.346 e. The number of carbonyl (C=O) groups is 2. The summed E-state index contributed by atoms with van der Waals surface area (Å²) in [4.78, 5) is 34.0. The fourth-order valence-electron chi connectivity index (χ4n) is 2.09. The molecule has 0 aromatic heterocycles. The molecule has 0 atom stereocenters. The molecule has 2 rings (SSSR count). The largest absolute Gasteiger partial charge is 0.389 e. The molecular formula is C17H15NO5. The Hall–Kier alpha value is -3.02. The molecule has 6 nitrogen and oxygen atoms in total. The van der Waals surface area contributed by atoms with Gasteiger partial charge < -0.3 is 4.74 Å². The molecule has 0 saturated heterocycles. The summed E-state index contributed by atoms with van der Waals surface area (Å²) in [5.74, 6) is -1.53. The Bertz CT molecular complexity index is 740. The molecule has 0 amide bonds. The van der Waals surface area contributed by atoms with Gasteiger partial charge in [-0.3, -0.25) is 14.9 Å². The van der Waals surface area contributed by atoms with Crippen LogP contribution in [0.3, 0.4) is 0 Å². The Morgan fingerprint density at radius 3 is 2.43 bits per heavy atom. The van der Waals surface area contributed by atoms with Crippen molar-refractivity contribution in [2.45, 2.75) is 19.8 Å². The summed E-state index contributed by atoms with van der Waals surface area (Å²) in [5, 5.41) is 11.3. The van der Waals surface area contributed by atoms with Crippen LogP contribution in [0.2, 0.25) is 0 Å². The summed E-state index contributed by atoms with van der Waals surface area (Å²) in [7, 11) is 0. The number of hydrogen-bond donors (Lipinski definition) is 0. The predicted octanol–water partition coefficient (Wildman–Crippen LogP) is 3.75. The van der Waals surface area contributed by atoms with Crippen LogP contribution in [-0.4, -0.2) is 16.9 Å². The molecule has 0 aliphatic carbocycles. The summed E-state index contributed by atoms with van der Waals surface area (Å²) in [6.07, 6.45) is 0.676. The van der Waals surface area contributed by atoms with Gasteiger partial charge in [-0.2, -0.15) is 0 Å². The second kappa shape index (κ2) is 7.31. The van der Waals surface area contributed by atoms with Crippen LogP contribution in [0.4, 0.5) is 5.69 Å². The van der Waals surface area contributed by atoms with E-state index in [4.69, 9.17) is 0 Å². The van der Waals surface area contributed by atoms with E-state index in [1.54, 1.807) is 37.3 Å². The third kappa shape index (κ3) is 4.00. The molecule has 118 valence electrons. The Kier molecular flexibility index (Phi) is 5.19. The molecule has 0 unspecified atom stereocenters. The Morgan fingerprint density at radius 2 is 1.83 bits per heavy atom. The Morgan fingerprint density at radius 1 is 1.13 bits per heavy atom. The summed E-state index contributed by atoms with van der Waals surface area (Å²) >= 11 is 0.